The van der Waals surface area contributed by atoms with Gasteiger partial charge in [0.25, 0.3) is 11.5 Å². The summed E-state index contributed by atoms with van der Waals surface area (Å²) in [6, 6.07) is -0.107. The van der Waals surface area contributed by atoms with E-state index in [2.05, 4.69) is 48.3 Å². The number of halogens is 1. The lowest BCUT2D eigenvalue weighted by molar-refractivity contribution is 0.0863. The molecule has 0 spiro atoms. The number of hydrogen-bond acceptors (Lipinski definition) is 4. The number of nitrogens with zero attached hydrogens (tertiary/aromatic N) is 1. The molecule has 1 fully saturated rings. The minimum absolute atomic E-state index is 0.107. The van der Waals surface area contributed by atoms with Gasteiger partial charge in [-0.2, -0.15) is 4.39 Å². The Morgan fingerprint density at radius 1 is 1.33 bits per heavy atom. The quantitative estimate of drug-likeness (QED) is 0.758. The molecule has 0 aromatic carbocycles. The fraction of sp³-hybridized carbons (Fsp3) is 0.643. The highest BCUT2D eigenvalue weighted by Gasteiger charge is 2.38. The van der Waals surface area contributed by atoms with Crippen LogP contribution < -0.4 is 16.2 Å². The van der Waals surface area contributed by atoms with Gasteiger partial charge in [0.2, 0.25) is 5.82 Å². The first kappa shape index (κ1) is 15.6. The van der Waals surface area contributed by atoms with Gasteiger partial charge < -0.3 is 15.6 Å². The van der Waals surface area contributed by atoms with Crippen LogP contribution in [0.4, 0.5) is 4.39 Å². The molecule has 0 radical (unpaired) electrons. The lowest BCUT2D eigenvalue weighted by atomic mass is 9.79. The van der Waals surface area contributed by atoms with Gasteiger partial charge in [-0.1, -0.05) is 0 Å². The fourth-order valence-electron chi connectivity index (χ4n) is 3.22. The van der Waals surface area contributed by atoms with E-state index < -0.39 is 23.0 Å². The lowest BCUT2D eigenvalue weighted by Crippen LogP contribution is -2.62. The summed E-state index contributed by atoms with van der Waals surface area (Å²) < 4.78 is 13.6. The second-order valence-electron chi connectivity index (χ2n) is 6.87. The van der Waals surface area contributed by atoms with E-state index >= 15 is 0 Å². The Bertz CT molecular complexity index is 593. The number of rotatable bonds is 2. The minimum Gasteiger partial charge on any atom is -0.348 e. The number of hydrogen-bond donors (Lipinski definition) is 3. The summed E-state index contributed by atoms with van der Waals surface area (Å²) in [5, 5.41) is 6.28. The average molecular weight is 296 g/mol. The maximum absolute atomic E-state index is 13.6. The number of nitrogens with one attached hydrogen (secondary N) is 3. The third-order valence-corrected chi connectivity index (χ3v) is 3.54. The van der Waals surface area contributed by atoms with E-state index in [1.165, 1.54) is 0 Å². The maximum Gasteiger partial charge on any atom is 0.287 e. The van der Waals surface area contributed by atoms with Crippen LogP contribution in [0, 0.1) is 5.82 Å². The van der Waals surface area contributed by atoms with Crippen molar-refractivity contribution in [1.82, 2.24) is 20.6 Å². The molecule has 1 amide bonds. The highest BCUT2D eigenvalue weighted by molar-refractivity contribution is 5.92. The summed E-state index contributed by atoms with van der Waals surface area (Å²) >= 11 is 0. The van der Waals surface area contributed by atoms with Crippen LogP contribution >= 0.6 is 0 Å². The van der Waals surface area contributed by atoms with Crippen LogP contribution in [0.15, 0.2) is 11.1 Å². The molecule has 0 bridgehead atoms. The van der Waals surface area contributed by atoms with E-state index in [1.54, 1.807) is 0 Å². The summed E-state index contributed by atoms with van der Waals surface area (Å²) in [6.45, 7) is 8.22. The zero-order chi connectivity index (χ0) is 15.8. The second-order valence-corrected chi connectivity index (χ2v) is 6.87. The van der Waals surface area contributed by atoms with Crippen molar-refractivity contribution in [3.05, 3.63) is 28.2 Å². The van der Waals surface area contributed by atoms with Gasteiger partial charge in [0.1, 0.15) is 0 Å². The van der Waals surface area contributed by atoms with E-state index in [1.807, 2.05) is 0 Å². The third kappa shape index (κ3) is 3.66. The number of amides is 1. The van der Waals surface area contributed by atoms with Crippen molar-refractivity contribution >= 4 is 5.91 Å². The smallest absolute Gasteiger partial charge is 0.287 e. The summed E-state index contributed by atoms with van der Waals surface area (Å²) in [4.78, 5) is 29.0. The van der Waals surface area contributed by atoms with Crippen molar-refractivity contribution in [1.29, 1.82) is 0 Å². The van der Waals surface area contributed by atoms with E-state index in [4.69, 9.17) is 0 Å². The van der Waals surface area contributed by atoms with E-state index in [-0.39, 0.29) is 17.1 Å². The first-order valence-electron chi connectivity index (χ1n) is 6.93. The first-order chi connectivity index (χ1) is 9.60. The van der Waals surface area contributed by atoms with Gasteiger partial charge in [0, 0.05) is 17.1 Å². The van der Waals surface area contributed by atoms with E-state index in [9.17, 15) is 14.0 Å². The van der Waals surface area contributed by atoms with Crippen LogP contribution in [0.1, 0.15) is 51.0 Å². The Morgan fingerprint density at radius 2 is 1.90 bits per heavy atom. The highest BCUT2D eigenvalue weighted by atomic mass is 19.1. The normalized spacial score (nSPS) is 21.0. The Kier molecular flexibility index (Phi) is 3.88. The van der Waals surface area contributed by atoms with Crippen molar-refractivity contribution in [2.45, 2.75) is 57.7 Å². The standard InChI is InChI=1S/C14H21FN4O2/c1-13(2)5-8(6-14(3,4)19-13)18-12(21)10-9(15)11(20)17-7-16-10/h7-8,19H,5-6H2,1-4H3,(H,18,21)(H,16,17,20). The number of aromatic nitrogens is 2. The number of piperidine rings is 1. The van der Waals surface area contributed by atoms with Crippen LogP contribution in [0.5, 0.6) is 0 Å². The number of aromatic amines is 1. The zero-order valence-electron chi connectivity index (χ0n) is 12.7. The molecular formula is C14H21FN4O2. The van der Waals surface area contributed by atoms with E-state index in [0.29, 0.717) is 12.8 Å². The number of carbonyl (C=O) groups excluding carboxylic acids is 1. The lowest BCUT2D eigenvalue weighted by Gasteiger charge is -2.46. The van der Waals surface area contributed by atoms with Gasteiger partial charge in [-0.05, 0) is 40.5 Å². The summed E-state index contributed by atoms with van der Waals surface area (Å²) in [5.41, 5.74) is -1.69. The number of carbonyl (C=O) groups is 1. The molecule has 6 nitrogen and oxygen atoms in total. The largest absolute Gasteiger partial charge is 0.348 e. The topological polar surface area (TPSA) is 86.9 Å². The molecule has 1 saturated heterocycles. The average Bonchev–Trinajstić information content (AvgIpc) is 2.28. The van der Waals surface area contributed by atoms with Crippen LogP contribution in [0.2, 0.25) is 0 Å². The van der Waals surface area contributed by atoms with Crippen molar-refractivity contribution in [3.63, 3.8) is 0 Å². The summed E-state index contributed by atoms with van der Waals surface area (Å²) in [5.74, 6) is -1.81. The van der Waals surface area contributed by atoms with Gasteiger partial charge in [0.05, 0.1) is 6.33 Å². The summed E-state index contributed by atoms with van der Waals surface area (Å²) in [7, 11) is 0. The SMILES string of the molecule is CC1(C)CC(NC(=O)c2nc[nH]c(=O)c2F)CC(C)(C)N1. The third-order valence-electron chi connectivity index (χ3n) is 3.54. The van der Waals surface area contributed by atoms with Crippen LogP contribution in [0.3, 0.4) is 0 Å². The molecule has 21 heavy (non-hydrogen) atoms. The van der Waals surface area contributed by atoms with Crippen molar-refractivity contribution < 1.29 is 9.18 Å². The molecule has 1 aromatic heterocycles. The molecule has 2 rings (SSSR count). The Hall–Kier alpha value is -1.76. The van der Waals surface area contributed by atoms with Gasteiger partial charge in [-0.25, -0.2) is 4.98 Å². The predicted molar refractivity (Wildman–Crippen MR) is 76.6 cm³/mol. The zero-order valence-corrected chi connectivity index (χ0v) is 12.7. The molecule has 1 aliphatic heterocycles. The molecule has 0 aliphatic carbocycles. The molecule has 3 N–H and O–H groups in total. The highest BCUT2D eigenvalue weighted by Crippen LogP contribution is 2.28. The molecule has 7 heteroatoms. The van der Waals surface area contributed by atoms with E-state index in [0.717, 1.165) is 6.33 Å². The minimum atomic E-state index is -1.15. The van der Waals surface area contributed by atoms with Crippen molar-refractivity contribution in [3.8, 4) is 0 Å². The molecular weight excluding hydrogens is 275 g/mol. The van der Waals surface area contributed by atoms with Crippen LogP contribution in [-0.4, -0.2) is 33.0 Å². The fourth-order valence-corrected chi connectivity index (χ4v) is 3.22. The monoisotopic (exact) mass is 296 g/mol. The van der Waals surface area contributed by atoms with Gasteiger partial charge >= 0.3 is 0 Å². The first-order valence-corrected chi connectivity index (χ1v) is 6.93. The maximum atomic E-state index is 13.6. The molecule has 2 heterocycles. The number of H-pyrrole nitrogens is 1. The molecule has 1 aliphatic rings. The predicted octanol–water partition coefficient (Wildman–Crippen LogP) is 0.948. The Morgan fingerprint density at radius 3 is 2.48 bits per heavy atom. The van der Waals surface area contributed by atoms with Gasteiger partial charge in [0.15, 0.2) is 5.69 Å². The Labute approximate surface area is 122 Å². The van der Waals surface area contributed by atoms with Crippen LogP contribution in [-0.2, 0) is 0 Å². The second kappa shape index (κ2) is 5.22. The van der Waals surface area contributed by atoms with Gasteiger partial charge in [-0.3, -0.25) is 9.59 Å². The van der Waals surface area contributed by atoms with Crippen molar-refractivity contribution in [2.75, 3.05) is 0 Å². The summed E-state index contributed by atoms with van der Waals surface area (Å²) in [6.07, 6.45) is 2.45. The molecule has 0 atom stereocenters. The molecule has 0 unspecified atom stereocenters. The van der Waals surface area contributed by atoms with Crippen molar-refractivity contribution in [2.24, 2.45) is 0 Å². The van der Waals surface area contributed by atoms with Crippen LogP contribution in [0.25, 0.3) is 0 Å². The molecule has 1 aromatic rings. The van der Waals surface area contributed by atoms with Gasteiger partial charge in [-0.15, -0.1) is 0 Å². The molecule has 0 saturated carbocycles. The Balaban J connectivity index is 2.16. The molecule has 116 valence electrons.